The summed E-state index contributed by atoms with van der Waals surface area (Å²) in [4.78, 5) is 0. The van der Waals surface area contributed by atoms with Gasteiger partial charge >= 0.3 is 0 Å². The number of hydrogen-bond acceptors (Lipinski definition) is 2. The van der Waals surface area contributed by atoms with Crippen molar-refractivity contribution in [1.29, 1.82) is 0 Å². The van der Waals surface area contributed by atoms with Crippen LogP contribution >= 0.6 is 0 Å². The monoisotopic (exact) mass is 252 g/mol. The Morgan fingerprint density at radius 1 is 1.00 bits per heavy atom. The molecule has 3 aromatic rings. The zero-order valence-corrected chi connectivity index (χ0v) is 11.1. The first-order valence-corrected chi connectivity index (χ1v) is 6.39. The van der Waals surface area contributed by atoms with Crippen molar-refractivity contribution < 1.29 is 9.52 Å². The van der Waals surface area contributed by atoms with Gasteiger partial charge in [0.1, 0.15) is 17.4 Å². The van der Waals surface area contributed by atoms with Gasteiger partial charge in [0.25, 0.3) is 0 Å². The average Bonchev–Trinajstić information content (AvgIpc) is 2.74. The highest BCUT2D eigenvalue weighted by molar-refractivity contribution is 5.83. The number of aryl methyl sites for hydroxylation is 2. The first kappa shape index (κ1) is 12.0. The average molecular weight is 252 g/mol. The van der Waals surface area contributed by atoms with E-state index in [0.717, 1.165) is 33.4 Å². The fourth-order valence-corrected chi connectivity index (χ4v) is 2.53. The highest BCUT2D eigenvalue weighted by Gasteiger charge is 2.19. The van der Waals surface area contributed by atoms with E-state index in [2.05, 4.69) is 0 Å². The summed E-state index contributed by atoms with van der Waals surface area (Å²) in [6, 6.07) is 15.7. The number of rotatable bonds is 2. The van der Waals surface area contributed by atoms with Crippen LogP contribution in [-0.4, -0.2) is 5.11 Å². The molecule has 0 fully saturated rings. The van der Waals surface area contributed by atoms with E-state index in [-0.39, 0.29) is 0 Å². The number of fused-ring (bicyclic) bond motifs is 1. The standard InChI is InChI=1S/C17H16O2/c1-11-6-5-7-13(10-11)17(18)16-12(2)19-15-9-4-3-8-14(15)16/h3-10,17-18H,1-2H3. The maximum Gasteiger partial charge on any atom is 0.134 e. The Morgan fingerprint density at radius 3 is 2.58 bits per heavy atom. The molecule has 2 nitrogen and oxygen atoms in total. The SMILES string of the molecule is Cc1cccc(C(O)c2c(C)oc3ccccc23)c1. The molecule has 1 aromatic heterocycles. The van der Waals surface area contributed by atoms with Crippen molar-refractivity contribution in [1.82, 2.24) is 0 Å². The van der Waals surface area contributed by atoms with Gasteiger partial charge in [-0.15, -0.1) is 0 Å². The summed E-state index contributed by atoms with van der Waals surface area (Å²) in [6.07, 6.45) is -0.649. The normalized spacial score (nSPS) is 12.8. The lowest BCUT2D eigenvalue weighted by Crippen LogP contribution is -2.00. The molecule has 0 amide bonds. The minimum Gasteiger partial charge on any atom is -0.461 e. The number of furan rings is 1. The van der Waals surface area contributed by atoms with Gasteiger partial charge in [0.05, 0.1) is 0 Å². The van der Waals surface area contributed by atoms with Crippen LogP contribution in [0.3, 0.4) is 0 Å². The summed E-state index contributed by atoms with van der Waals surface area (Å²) >= 11 is 0. The van der Waals surface area contributed by atoms with E-state index < -0.39 is 6.10 Å². The number of aliphatic hydroxyl groups excluding tert-OH is 1. The van der Waals surface area contributed by atoms with E-state index in [1.54, 1.807) is 0 Å². The van der Waals surface area contributed by atoms with Gasteiger partial charge in [-0.3, -0.25) is 0 Å². The number of hydrogen-bond donors (Lipinski definition) is 1. The minimum atomic E-state index is -0.649. The Morgan fingerprint density at radius 2 is 1.79 bits per heavy atom. The Bertz CT molecular complexity index is 725. The molecule has 1 heterocycles. The molecule has 2 aromatic carbocycles. The minimum absolute atomic E-state index is 0.649. The lowest BCUT2D eigenvalue weighted by molar-refractivity contribution is 0.219. The van der Waals surface area contributed by atoms with E-state index in [1.165, 1.54) is 0 Å². The first-order valence-electron chi connectivity index (χ1n) is 6.39. The second-order valence-electron chi connectivity index (χ2n) is 4.88. The molecule has 96 valence electrons. The van der Waals surface area contributed by atoms with Crippen molar-refractivity contribution in [3.8, 4) is 0 Å². The molecule has 1 unspecified atom stereocenters. The van der Waals surface area contributed by atoms with Gasteiger partial charge in [0.15, 0.2) is 0 Å². The van der Waals surface area contributed by atoms with Gasteiger partial charge in [-0.05, 0) is 25.5 Å². The van der Waals surface area contributed by atoms with Crippen LogP contribution in [0.15, 0.2) is 52.9 Å². The second kappa shape index (κ2) is 4.56. The molecule has 3 rings (SSSR count). The molecule has 0 spiro atoms. The third kappa shape index (κ3) is 2.04. The van der Waals surface area contributed by atoms with Crippen molar-refractivity contribution in [2.24, 2.45) is 0 Å². The Hall–Kier alpha value is -2.06. The molecule has 0 saturated heterocycles. The number of aliphatic hydroxyl groups is 1. The van der Waals surface area contributed by atoms with E-state index in [1.807, 2.05) is 62.4 Å². The molecule has 0 aliphatic rings. The lowest BCUT2D eigenvalue weighted by Gasteiger charge is -2.11. The van der Waals surface area contributed by atoms with Crippen molar-refractivity contribution >= 4 is 11.0 Å². The third-order valence-corrected chi connectivity index (χ3v) is 3.45. The molecule has 1 N–H and O–H groups in total. The summed E-state index contributed by atoms with van der Waals surface area (Å²) < 4.78 is 5.71. The summed E-state index contributed by atoms with van der Waals surface area (Å²) in [5, 5.41) is 11.6. The van der Waals surface area contributed by atoms with Crippen LogP contribution in [0.25, 0.3) is 11.0 Å². The van der Waals surface area contributed by atoms with Gasteiger partial charge < -0.3 is 9.52 Å². The van der Waals surface area contributed by atoms with Crippen LogP contribution in [0.2, 0.25) is 0 Å². The second-order valence-corrected chi connectivity index (χ2v) is 4.88. The highest BCUT2D eigenvalue weighted by Crippen LogP contribution is 2.33. The zero-order valence-electron chi connectivity index (χ0n) is 11.1. The van der Waals surface area contributed by atoms with Crippen LogP contribution in [0.4, 0.5) is 0 Å². The fraction of sp³-hybridized carbons (Fsp3) is 0.176. The quantitative estimate of drug-likeness (QED) is 0.744. The van der Waals surface area contributed by atoms with Gasteiger partial charge in [-0.25, -0.2) is 0 Å². The molecular weight excluding hydrogens is 236 g/mol. The Labute approximate surface area is 112 Å². The van der Waals surface area contributed by atoms with Crippen LogP contribution in [0, 0.1) is 13.8 Å². The molecule has 0 aliphatic heterocycles. The van der Waals surface area contributed by atoms with Crippen molar-refractivity contribution in [3.63, 3.8) is 0 Å². The van der Waals surface area contributed by atoms with Gasteiger partial charge in [-0.2, -0.15) is 0 Å². The van der Waals surface area contributed by atoms with E-state index in [4.69, 9.17) is 4.42 Å². The largest absolute Gasteiger partial charge is 0.461 e. The first-order chi connectivity index (χ1) is 9.16. The molecule has 0 bridgehead atoms. The van der Waals surface area contributed by atoms with Crippen LogP contribution < -0.4 is 0 Å². The van der Waals surface area contributed by atoms with Crippen LogP contribution in [-0.2, 0) is 0 Å². The summed E-state index contributed by atoms with van der Waals surface area (Å²) in [6.45, 7) is 3.92. The molecule has 0 aliphatic carbocycles. The number of benzene rings is 2. The van der Waals surface area contributed by atoms with Crippen molar-refractivity contribution in [2.75, 3.05) is 0 Å². The van der Waals surface area contributed by atoms with Crippen molar-refractivity contribution in [2.45, 2.75) is 20.0 Å². The highest BCUT2D eigenvalue weighted by atomic mass is 16.3. The molecule has 0 radical (unpaired) electrons. The van der Waals surface area contributed by atoms with Crippen LogP contribution in [0.1, 0.15) is 28.6 Å². The predicted octanol–water partition coefficient (Wildman–Crippen LogP) is 4.13. The maximum absolute atomic E-state index is 10.6. The van der Waals surface area contributed by atoms with Gasteiger partial charge in [0, 0.05) is 10.9 Å². The predicted molar refractivity (Wildman–Crippen MR) is 76.2 cm³/mol. The van der Waals surface area contributed by atoms with E-state index in [0.29, 0.717) is 0 Å². The smallest absolute Gasteiger partial charge is 0.134 e. The summed E-state index contributed by atoms with van der Waals surface area (Å²) in [7, 11) is 0. The van der Waals surface area contributed by atoms with Crippen molar-refractivity contribution in [3.05, 3.63) is 71.0 Å². The summed E-state index contributed by atoms with van der Waals surface area (Å²) in [5.74, 6) is 0.773. The fourth-order valence-electron chi connectivity index (χ4n) is 2.53. The lowest BCUT2D eigenvalue weighted by atomic mass is 9.98. The third-order valence-electron chi connectivity index (χ3n) is 3.45. The molecule has 1 atom stereocenters. The Balaban J connectivity index is 2.16. The van der Waals surface area contributed by atoms with E-state index in [9.17, 15) is 5.11 Å². The van der Waals surface area contributed by atoms with E-state index >= 15 is 0 Å². The van der Waals surface area contributed by atoms with Crippen LogP contribution in [0.5, 0.6) is 0 Å². The molecule has 0 saturated carbocycles. The van der Waals surface area contributed by atoms with Gasteiger partial charge in [0.2, 0.25) is 0 Å². The number of para-hydroxylation sites is 1. The zero-order chi connectivity index (χ0) is 13.4. The Kier molecular flexibility index (Phi) is 2.88. The maximum atomic E-state index is 10.6. The summed E-state index contributed by atoms with van der Waals surface area (Å²) in [5.41, 5.74) is 3.72. The molecule has 19 heavy (non-hydrogen) atoms. The molecule has 2 heteroatoms. The molecular formula is C17H16O2. The van der Waals surface area contributed by atoms with Gasteiger partial charge in [-0.1, -0.05) is 48.0 Å². The topological polar surface area (TPSA) is 33.4 Å².